The summed E-state index contributed by atoms with van der Waals surface area (Å²) in [5, 5.41) is 3.56. The van der Waals surface area contributed by atoms with Crippen LogP contribution in [0.25, 0.3) is 0 Å². The second-order valence-electron chi connectivity index (χ2n) is 6.65. The summed E-state index contributed by atoms with van der Waals surface area (Å²) >= 11 is 5.93. The van der Waals surface area contributed by atoms with Crippen LogP contribution in [0.1, 0.15) is 32.1 Å². The number of benzene rings is 1. The zero-order valence-electron chi connectivity index (χ0n) is 13.6. The highest BCUT2D eigenvalue weighted by atomic mass is 35.5. The number of carbonyl (C=O) groups excluding carboxylic acids is 1. The minimum Gasteiger partial charge on any atom is -0.326 e. The molecule has 5 heteroatoms. The van der Waals surface area contributed by atoms with E-state index in [4.69, 9.17) is 11.6 Å². The zero-order chi connectivity index (χ0) is 16.1. The average Bonchev–Trinajstić information content (AvgIpc) is 2.55. The Morgan fingerprint density at radius 2 is 2.17 bits per heavy atom. The summed E-state index contributed by atoms with van der Waals surface area (Å²) in [4.78, 5) is 17.2. The highest BCUT2D eigenvalue weighted by molar-refractivity contribution is 6.30. The van der Waals surface area contributed by atoms with Crippen LogP contribution < -0.4 is 5.32 Å². The molecule has 1 aromatic carbocycles. The van der Waals surface area contributed by atoms with Gasteiger partial charge >= 0.3 is 0 Å². The number of piperidine rings is 1. The van der Waals surface area contributed by atoms with E-state index in [2.05, 4.69) is 15.1 Å². The van der Waals surface area contributed by atoms with Gasteiger partial charge in [0.1, 0.15) is 0 Å². The minimum absolute atomic E-state index is 0.0727. The number of hydrogen-bond donors (Lipinski definition) is 1. The third-order valence-electron chi connectivity index (χ3n) is 4.91. The molecule has 3 rings (SSSR count). The number of amides is 1. The SMILES string of the molecule is O=C(CCCN1CCN2CCCCC2C1)Nc1cccc(Cl)c1. The lowest BCUT2D eigenvalue weighted by Gasteiger charge is -2.44. The van der Waals surface area contributed by atoms with Gasteiger partial charge in [-0.2, -0.15) is 0 Å². The molecule has 0 aliphatic carbocycles. The first-order valence-electron chi connectivity index (χ1n) is 8.72. The molecule has 0 saturated carbocycles. The van der Waals surface area contributed by atoms with Gasteiger partial charge in [-0.05, 0) is 50.6 Å². The predicted molar refractivity (Wildman–Crippen MR) is 95.0 cm³/mol. The first kappa shape index (κ1) is 16.7. The van der Waals surface area contributed by atoms with Crippen LogP contribution in [0.5, 0.6) is 0 Å². The number of hydrogen-bond acceptors (Lipinski definition) is 3. The molecule has 1 unspecified atom stereocenters. The summed E-state index contributed by atoms with van der Waals surface area (Å²) in [7, 11) is 0. The van der Waals surface area contributed by atoms with E-state index in [0.717, 1.165) is 31.2 Å². The van der Waals surface area contributed by atoms with Gasteiger partial charge in [-0.25, -0.2) is 0 Å². The number of rotatable bonds is 5. The van der Waals surface area contributed by atoms with E-state index in [-0.39, 0.29) is 5.91 Å². The zero-order valence-corrected chi connectivity index (χ0v) is 14.4. The smallest absolute Gasteiger partial charge is 0.224 e. The Morgan fingerprint density at radius 3 is 3.04 bits per heavy atom. The topological polar surface area (TPSA) is 35.6 Å². The quantitative estimate of drug-likeness (QED) is 0.897. The fraction of sp³-hybridized carbons (Fsp3) is 0.611. The number of nitrogens with one attached hydrogen (secondary N) is 1. The predicted octanol–water partition coefficient (Wildman–Crippen LogP) is 3.23. The maximum absolute atomic E-state index is 12.0. The van der Waals surface area contributed by atoms with E-state index in [0.29, 0.717) is 11.4 Å². The van der Waals surface area contributed by atoms with Gasteiger partial charge in [0, 0.05) is 42.8 Å². The summed E-state index contributed by atoms with van der Waals surface area (Å²) in [6, 6.07) is 8.05. The fourth-order valence-corrected chi connectivity index (χ4v) is 3.87. The van der Waals surface area contributed by atoms with E-state index < -0.39 is 0 Å². The van der Waals surface area contributed by atoms with Gasteiger partial charge < -0.3 is 10.2 Å². The fourth-order valence-electron chi connectivity index (χ4n) is 3.68. The maximum atomic E-state index is 12.0. The molecule has 2 aliphatic heterocycles. The standard InChI is InChI=1S/C18H26ClN3O/c19-15-5-3-6-16(13-15)20-18(23)8-4-9-21-11-12-22-10-2-1-7-17(22)14-21/h3,5-6,13,17H,1-2,4,7-12,14H2,(H,20,23). The van der Waals surface area contributed by atoms with Gasteiger partial charge in [0.2, 0.25) is 5.91 Å². The average molecular weight is 336 g/mol. The summed E-state index contributed by atoms with van der Waals surface area (Å²) < 4.78 is 0. The number of fused-ring (bicyclic) bond motifs is 1. The van der Waals surface area contributed by atoms with Crippen LogP contribution in [-0.2, 0) is 4.79 Å². The lowest BCUT2D eigenvalue weighted by molar-refractivity contribution is -0.116. The van der Waals surface area contributed by atoms with Gasteiger partial charge in [0.25, 0.3) is 0 Å². The van der Waals surface area contributed by atoms with Crippen molar-refractivity contribution >= 4 is 23.2 Å². The van der Waals surface area contributed by atoms with Gasteiger partial charge in [0.15, 0.2) is 0 Å². The molecule has 0 radical (unpaired) electrons. The maximum Gasteiger partial charge on any atom is 0.224 e. The molecule has 126 valence electrons. The van der Waals surface area contributed by atoms with E-state index in [9.17, 15) is 4.79 Å². The molecule has 1 amide bonds. The van der Waals surface area contributed by atoms with Crippen LogP contribution in [0.3, 0.4) is 0 Å². The molecule has 1 atom stereocenters. The van der Waals surface area contributed by atoms with Crippen LogP contribution >= 0.6 is 11.6 Å². The number of piperazine rings is 1. The van der Waals surface area contributed by atoms with Gasteiger partial charge in [-0.1, -0.05) is 24.1 Å². The van der Waals surface area contributed by atoms with Crippen LogP contribution in [0.4, 0.5) is 5.69 Å². The van der Waals surface area contributed by atoms with Crippen molar-refractivity contribution in [3.05, 3.63) is 29.3 Å². The number of anilines is 1. The van der Waals surface area contributed by atoms with Crippen LogP contribution in [0.15, 0.2) is 24.3 Å². The van der Waals surface area contributed by atoms with Crippen LogP contribution in [0, 0.1) is 0 Å². The second-order valence-corrected chi connectivity index (χ2v) is 7.08. The van der Waals surface area contributed by atoms with Crippen molar-refractivity contribution in [1.82, 2.24) is 9.80 Å². The Labute approximate surface area is 143 Å². The van der Waals surface area contributed by atoms with Crippen LogP contribution in [0.2, 0.25) is 5.02 Å². The highest BCUT2D eigenvalue weighted by Crippen LogP contribution is 2.21. The van der Waals surface area contributed by atoms with E-state index in [1.165, 1.54) is 38.9 Å². The molecule has 2 heterocycles. The number of nitrogens with zero attached hydrogens (tertiary/aromatic N) is 2. The molecular formula is C18H26ClN3O. The molecule has 2 saturated heterocycles. The van der Waals surface area contributed by atoms with E-state index in [1.54, 1.807) is 6.07 Å². The second kappa shape index (κ2) is 8.13. The van der Waals surface area contributed by atoms with Gasteiger partial charge in [-0.15, -0.1) is 0 Å². The largest absolute Gasteiger partial charge is 0.326 e. The van der Waals surface area contributed by atoms with Crippen molar-refractivity contribution in [2.45, 2.75) is 38.1 Å². The number of halogens is 1. The minimum atomic E-state index is 0.0727. The molecule has 4 nitrogen and oxygen atoms in total. The van der Waals surface area contributed by atoms with Crippen molar-refractivity contribution in [1.29, 1.82) is 0 Å². The monoisotopic (exact) mass is 335 g/mol. The Morgan fingerprint density at radius 1 is 1.26 bits per heavy atom. The van der Waals surface area contributed by atoms with Crippen molar-refractivity contribution in [2.75, 3.05) is 38.0 Å². The Hall–Kier alpha value is -1.10. The Kier molecular flexibility index (Phi) is 5.92. The van der Waals surface area contributed by atoms with Crippen LogP contribution in [-0.4, -0.2) is 54.5 Å². The Balaban J connectivity index is 1.37. The first-order valence-corrected chi connectivity index (χ1v) is 9.10. The van der Waals surface area contributed by atoms with E-state index >= 15 is 0 Å². The highest BCUT2D eigenvalue weighted by Gasteiger charge is 2.28. The molecule has 2 aliphatic rings. The molecule has 2 fully saturated rings. The van der Waals surface area contributed by atoms with Crippen molar-refractivity contribution in [2.24, 2.45) is 0 Å². The molecule has 23 heavy (non-hydrogen) atoms. The third-order valence-corrected chi connectivity index (χ3v) is 5.14. The summed E-state index contributed by atoms with van der Waals surface area (Å²) in [6.07, 6.45) is 5.56. The van der Waals surface area contributed by atoms with Gasteiger partial charge in [-0.3, -0.25) is 9.69 Å². The van der Waals surface area contributed by atoms with E-state index in [1.807, 2.05) is 18.2 Å². The Bertz CT molecular complexity index is 537. The lowest BCUT2D eigenvalue weighted by atomic mass is 9.99. The molecule has 0 bridgehead atoms. The summed E-state index contributed by atoms with van der Waals surface area (Å²) in [5.74, 6) is 0.0727. The summed E-state index contributed by atoms with van der Waals surface area (Å²) in [5.41, 5.74) is 0.776. The normalized spacial score (nSPS) is 22.6. The summed E-state index contributed by atoms with van der Waals surface area (Å²) in [6.45, 7) is 5.82. The first-order chi connectivity index (χ1) is 11.2. The molecule has 1 aromatic rings. The third kappa shape index (κ3) is 4.93. The molecular weight excluding hydrogens is 310 g/mol. The van der Waals surface area contributed by atoms with Gasteiger partial charge in [0.05, 0.1) is 0 Å². The molecule has 0 aromatic heterocycles. The lowest BCUT2D eigenvalue weighted by Crippen LogP contribution is -2.54. The van der Waals surface area contributed by atoms with Crippen molar-refractivity contribution in [3.63, 3.8) is 0 Å². The van der Waals surface area contributed by atoms with Crippen molar-refractivity contribution in [3.8, 4) is 0 Å². The number of carbonyl (C=O) groups is 1. The van der Waals surface area contributed by atoms with Crippen molar-refractivity contribution < 1.29 is 4.79 Å². The molecule has 0 spiro atoms. The molecule has 1 N–H and O–H groups in total.